The molecule has 182 valence electrons. The number of hydrogen-bond donors (Lipinski definition) is 2. The molecule has 35 heavy (non-hydrogen) atoms. The van der Waals surface area contributed by atoms with E-state index in [1.54, 1.807) is 13.1 Å². The molecule has 0 radical (unpaired) electrons. The molecule has 1 aromatic heterocycles. The number of ketones is 1. The van der Waals surface area contributed by atoms with E-state index in [4.69, 9.17) is 10.7 Å². The van der Waals surface area contributed by atoms with Gasteiger partial charge < -0.3 is 15.8 Å². The lowest BCUT2D eigenvalue weighted by Gasteiger charge is -2.27. The van der Waals surface area contributed by atoms with E-state index in [2.05, 4.69) is 17.4 Å². The molecule has 1 heterocycles. The van der Waals surface area contributed by atoms with E-state index in [0.717, 1.165) is 53.6 Å². The Labute approximate surface area is 208 Å². The summed E-state index contributed by atoms with van der Waals surface area (Å²) in [6, 6.07) is 20.3. The number of hydrogen-bond acceptors (Lipinski definition) is 4. The van der Waals surface area contributed by atoms with Gasteiger partial charge in [0.25, 0.3) is 0 Å². The molecule has 0 spiro atoms. The van der Waals surface area contributed by atoms with Gasteiger partial charge in [-0.3, -0.25) is 9.78 Å². The molecule has 1 atom stereocenters. The molecule has 3 aromatic rings. The summed E-state index contributed by atoms with van der Waals surface area (Å²) in [6.45, 7) is 3.64. The highest BCUT2D eigenvalue weighted by molar-refractivity contribution is 5.93. The van der Waals surface area contributed by atoms with Gasteiger partial charge in [0.1, 0.15) is 5.78 Å². The second-order valence-corrected chi connectivity index (χ2v) is 9.94. The summed E-state index contributed by atoms with van der Waals surface area (Å²) < 4.78 is 0. The van der Waals surface area contributed by atoms with E-state index >= 15 is 0 Å². The van der Waals surface area contributed by atoms with Gasteiger partial charge in [-0.1, -0.05) is 54.6 Å². The number of nitrogens with one attached hydrogen (secondary N) is 1. The van der Waals surface area contributed by atoms with Crippen molar-refractivity contribution in [2.45, 2.75) is 58.4 Å². The first kappa shape index (κ1) is 24.8. The van der Waals surface area contributed by atoms with Crippen molar-refractivity contribution in [2.24, 2.45) is 17.6 Å². The summed E-state index contributed by atoms with van der Waals surface area (Å²) >= 11 is 0. The molecule has 1 saturated carbocycles. The third-order valence-electron chi connectivity index (χ3n) is 6.98. The van der Waals surface area contributed by atoms with Crippen LogP contribution in [0.15, 0.2) is 66.9 Å². The Morgan fingerprint density at radius 1 is 0.943 bits per heavy atom. The number of nitrogens with zero attached hydrogens (tertiary/aromatic N) is 1. The first-order valence-electron chi connectivity index (χ1n) is 12.6. The zero-order chi connectivity index (χ0) is 24.8. The van der Waals surface area contributed by atoms with Crippen molar-refractivity contribution in [1.82, 2.24) is 4.98 Å². The summed E-state index contributed by atoms with van der Waals surface area (Å²) in [6.07, 6.45) is 7.01. The molecule has 0 saturated heterocycles. The van der Waals surface area contributed by atoms with Gasteiger partial charge in [-0.25, -0.2) is 0 Å². The molecule has 4 rings (SSSR count). The fraction of sp³-hybridized carbons (Fsp3) is 0.367. The smallest absolute Gasteiger partial charge is 0.224 e. The number of pyridine rings is 1. The lowest BCUT2D eigenvalue weighted by atomic mass is 9.78. The maximum Gasteiger partial charge on any atom is 0.224 e. The van der Waals surface area contributed by atoms with Gasteiger partial charge in [0.05, 0.1) is 17.6 Å². The molecule has 1 aliphatic carbocycles. The number of aromatic nitrogens is 1. The number of carbonyl (C=O) groups excluding carboxylic acids is 2. The predicted octanol–water partition coefficient (Wildman–Crippen LogP) is 6.55. The lowest BCUT2D eigenvalue weighted by molar-refractivity contribution is -0.119. The molecule has 3 N–H and O–H groups in total. The Kier molecular flexibility index (Phi) is 8.09. The molecular formula is C30H35N3O2. The van der Waals surface area contributed by atoms with Crippen molar-refractivity contribution < 1.29 is 9.59 Å². The molecule has 1 amide bonds. The van der Waals surface area contributed by atoms with Crippen LogP contribution in [-0.2, 0) is 9.59 Å². The highest BCUT2D eigenvalue weighted by atomic mass is 16.1. The van der Waals surface area contributed by atoms with E-state index in [0.29, 0.717) is 30.4 Å². The van der Waals surface area contributed by atoms with Crippen LogP contribution >= 0.6 is 0 Å². The summed E-state index contributed by atoms with van der Waals surface area (Å²) in [5, 5.41) is 3.07. The van der Waals surface area contributed by atoms with Crippen LogP contribution in [0.1, 0.15) is 64.0 Å². The minimum atomic E-state index is -0.0209. The fourth-order valence-corrected chi connectivity index (χ4v) is 5.07. The molecule has 0 bridgehead atoms. The van der Waals surface area contributed by atoms with E-state index in [-0.39, 0.29) is 17.7 Å². The third-order valence-corrected chi connectivity index (χ3v) is 6.98. The van der Waals surface area contributed by atoms with Gasteiger partial charge >= 0.3 is 0 Å². The van der Waals surface area contributed by atoms with Crippen molar-refractivity contribution in [3.05, 3.63) is 72.4 Å². The maximum atomic E-state index is 12.8. The summed E-state index contributed by atoms with van der Waals surface area (Å²) in [5.41, 5.74) is 11.7. The normalized spacial score (nSPS) is 18.6. The standard InChI is InChI=1S/C30H35N3O2/c1-20(34)16-22-8-10-23(11-9-22)17-29(35)33-27-18-28(25-6-4-3-5-7-25)30(32-19-27)26-14-12-24(13-15-26)21(2)31/h3-7,12-15,18-19,21-23H,8-11,16-17,31H2,1-2H3,(H,33,35)/t21-,22?,23?/m1/s1. The van der Waals surface area contributed by atoms with Crippen LogP contribution in [0.4, 0.5) is 5.69 Å². The predicted molar refractivity (Wildman–Crippen MR) is 142 cm³/mol. The van der Waals surface area contributed by atoms with Crippen LogP contribution in [0, 0.1) is 11.8 Å². The van der Waals surface area contributed by atoms with Crippen molar-refractivity contribution >= 4 is 17.4 Å². The second kappa shape index (κ2) is 11.4. The van der Waals surface area contributed by atoms with Gasteiger partial charge in [0.15, 0.2) is 0 Å². The largest absolute Gasteiger partial charge is 0.325 e. The van der Waals surface area contributed by atoms with Gasteiger partial charge in [-0.15, -0.1) is 0 Å². The quantitative estimate of drug-likeness (QED) is 0.392. The second-order valence-electron chi connectivity index (χ2n) is 9.94. The van der Waals surface area contributed by atoms with Gasteiger partial charge in [-0.05, 0) is 68.6 Å². The Bertz CT molecular complexity index is 1150. The summed E-state index contributed by atoms with van der Waals surface area (Å²) in [5.74, 6) is 1.15. The highest BCUT2D eigenvalue weighted by Crippen LogP contribution is 2.35. The number of carbonyl (C=O) groups is 2. The maximum absolute atomic E-state index is 12.8. The van der Waals surface area contributed by atoms with Gasteiger partial charge in [0.2, 0.25) is 5.91 Å². The zero-order valence-corrected chi connectivity index (χ0v) is 20.7. The number of anilines is 1. The topological polar surface area (TPSA) is 85.1 Å². The molecular weight excluding hydrogens is 434 g/mol. The molecule has 5 heteroatoms. The van der Waals surface area contributed by atoms with Crippen molar-refractivity contribution in [3.63, 3.8) is 0 Å². The Hall–Kier alpha value is -3.31. The van der Waals surface area contributed by atoms with Gasteiger partial charge in [0, 0.05) is 30.0 Å². The molecule has 2 aromatic carbocycles. The molecule has 5 nitrogen and oxygen atoms in total. The summed E-state index contributed by atoms with van der Waals surface area (Å²) in [7, 11) is 0. The zero-order valence-electron chi connectivity index (χ0n) is 20.7. The Morgan fingerprint density at radius 2 is 1.57 bits per heavy atom. The minimum absolute atomic E-state index is 0.0209. The average Bonchev–Trinajstić information content (AvgIpc) is 2.85. The first-order valence-corrected chi connectivity index (χ1v) is 12.6. The van der Waals surface area contributed by atoms with Crippen LogP contribution in [0.25, 0.3) is 22.4 Å². The van der Waals surface area contributed by atoms with Crippen molar-refractivity contribution in [1.29, 1.82) is 0 Å². The van der Waals surface area contributed by atoms with Crippen LogP contribution in [-0.4, -0.2) is 16.7 Å². The number of rotatable bonds is 8. The van der Waals surface area contributed by atoms with Gasteiger partial charge in [-0.2, -0.15) is 0 Å². The molecule has 0 aliphatic heterocycles. The SMILES string of the molecule is CC(=O)CC1CCC(CC(=O)Nc2cnc(-c3ccc([C@@H](C)N)cc3)c(-c3ccccc3)c2)CC1. The van der Waals surface area contributed by atoms with Crippen LogP contribution in [0.2, 0.25) is 0 Å². The number of nitrogens with two attached hydrogens (primary N) is 1. The van der Waals surface area contributed by atoms with E-state index < -0.39 is 0 Å². The lowest BCUT2D eigenvalue weighted by Crippen LogP contribution is -2.22. The monoisotopic (exact) mass is 469 g/mol. The molecule has 0 unspecified atom stereocenters. The Morgan fingerprint density at radius 3 is 2.17 bits per heavy atom. The van der Waals surface area contributed by atoms with E-state index in [1.807, 2.05) is 55.5 Å². The number of Topliss-reactive ketones (excluding diaryl/α,β-unsaturated/α-hetero) is 1. The van der Waals surface area contributed by atoms with E-state index in [9.17, 15) is 9.59 Å². The van der Waals surface area contributed by atoms with Crippen LogP contribution in [0.3, 0.4) is 0 Å². The number of benzene rings is 2. The van der Waals surface area contributed by atoms with E-state index in [1.165, 1.54) is 0 Å². The highest BCUT2D eigenvalue weighted by Gasteiger charge is 2.24. The fourth-order valence-electron chi connectivity index (χ4n) is 5.07. The molecule has 1 aliphatic rings. The minimum Gasteiger partial charge on any atom is -0.325 e. The Balaban J connectivity index is 1.49. The first-order chi connectivity index (χ1) is 16.9. The van der Waals surface area contributed by atoms with Crippen LogP contribution in [0.5, 0.6) is 0 Å². The molecule has 1 fully saturated rings. The van der Waals surface area contributed by atoms with Crippen molar-refractivity contribution in [3.8, 4) is 22.4 Å². The van der Waals surface area contributed by atoms with Crippen molar-refractivity contribution in [2.75, 3.05) is 5.32 Å². The average molecular weight is 470 g/mol. The van der Waals surface area contributed by atoms with Crippen LogP contribution < -0.4 is 11.1 Å². The number of amides is 1. The third kappa shape index (κ3) is 6.64. The summed E-state index contributed by atoms with van der Waals surface area (Å²) in [4.78, 5) is 29.0.